The van der Waals surface area contributed by atoms with Gasteiger partial charge in [0.05, 0.1) is 0 Å². The molecule has 1 fully saturated rings. The zero-order valence-corrected chi connectivity index (χ0v) is 14.9. The van der Waals surface area contributed by atoms with E-state index in [1.807, 2.05) is 24.7 Å². The van der Waals surface area contributed by atoms with Gasteiger partial charge in [-0.1, -0.05) is 19.9 Å². The van der Waals surface area contributed by atoms with Gasteiger partial charge in [-0.25, -0.2) is 9.97 Å². The molecule has 1 aliphatic heterocycles. The van der Waals surface area contributed by atoms with E-state index >= 15 is 0 Å². The fraction of sp³-hybridized carbons (Fsp3) is 0.474. The number of pyridine rings is 1. The van der Waals surface area contributed by atoms with Crippen molar-refractivity contribution in [1.29, 1.82) is 0 Å². The number of aromatic nitrogens is 3. The minimum Gasteiger partial charge on any atom is -0.352 e. The van der Waals surface area contributed by atoms with Crippen molar-refractivity contribution < 1.29 is 4.79 Å². The normalized spacial score (nSPS) is 17.3. The van der Waals surface area contributed by atoms with Crippen LogP contribution in [0.5, 0.6) is 0 Å². The van der Waals surface area contributed by atoms with E-state index in [9.17, 15) is 4.79 Å². The van der Waals surface area contributed by atoms with Gasteiger partial charge in [-0.3, -0.25) is 14.7 Å². The van der Waals surface area contributed by atoms with Crippen LogP contribution >= 0.6 is 0 Å². The lowest BCUT2D eigenvalue weighted by molar-refractivity contribution is -0.119. The van der Waals surface area contributed by atoms with Crippen molar-refractivity contribution in [1.82, 2.24) is 25.2 Å². The standard InChI is InChI=1S/C19H25N5O/c1-14(2)19-21-9-16(10-22-19)12-24(11-15-4-3-7-20-8-15)13-17-5-6-18(25)23-17/h3-4,7-10,14,17H,5-6,11-13H2,1-2H3,(H,23,25)/t17-/m0/s1. The van der Waals surface area contributed by atoms with E-state index in [-0.39, 0.29) is 11.9 Å². The highest BCUT2D eigenvalue weighted by atomic mass is 16.1. The van der Waals surface area contributed by atoms with Crippen LogP contribution in [0.3, 0.4) is 0 Å². The molecule has 25 heavy (non-hydrogen) atoms. The summed E-state index contributed by atoms with van der Waals surface area (Å²) >= 11 is 0. The van der Waals surface area contributed by atoms with E-state index < -0.39 is 0 Å². The highest BCUT2D eigenvalue weighted by Crippen LogP contribution is 2.14. The average molecular weight is 339 g/mol. The molecule has 1 amide bonds. The fourth-order valence-corrected chi connectivity index (χ4v) is 3.06. The van der Waals surface area contributed by atoms with Crippen LogP contribution in [0.25, 0.3) is 0 Å². The molecule has 1 saturated heterocycles. The summed E-state index contributed by atoms with van der Waals surface area (Å²) in [5.41, 5.74) is 2.24. The minimum absolute atomic E-state index is 0.149. The molecule has 2 aromatic heterocycles. The van der Waals surface area contributed by atoms with Gasteiger partial charge in [0, 0.05) is 68.4 Å². The van der Waals surface area contributed by atoms with E-state index in [0.29, 0.717) is 12.3 Å². The van der Waals surface area contributed by atoms with E-state index in [2.05, 4.69) is 45.1 Å². The summed E-state index contributed by atoms with van der Waals surface area (Å²) in [5.74, 6) is 1.34. The second-order valence-electron chi connectivity index (χ2n) is 6.94. The first kappa shape index (κ1) is 17.5. The van der Waals surface area contributed by atoms with Gasteiger partial charge in [-0.2, -0.15) is 0 Å². The van der Waals surface area contributed by atoms with Crippen molar-refractivity contribution in [3.05, 3.63) is 53.9 Å². The maximum atomic E-state index is 11.5. The van der Waals surface area contributed by atoms with Gasteiger partial charge < -0.3 is 5.32 Å². The van der Waals surface area contributed by atoms with E-state index in [4.69, 9.17) is 0 Å². The molecule has 0 radical (unpaired) electrons. The van der Waals surface area contributed by atoms with Crippen LogP contribution in [0, 0.1) is 0 Å². The van der Waals surface area contributed by atoms with Gasteiger partial charge >= 0.3 is 0 Å². The Morgan fingerprint density at radius 1 is 1.20 bits per heavy atom. The molecule has 0 aromatic carbocycles. The maximum Gasteiger partial charge on any atom is 0.220 e. The molecule has 132 valence electrons. The van der Waals surface area contributed by atoms with Gasteiger partial charge in [0.2, 0.25) is 5.91 Å². The lowest BCUT2D eigenvalue weighted by atomic mass is 10.1. The lowest BCUT2D eigenvalue weighted by Crippen LogP contribution is -2.38. The highest BCUT2D eigenvalue weighted by molar-refractivity contribution is 5.78. The van der Waals surface area contributed by atoms with Crippen LogP contribution < -0.4 is 5.32 Å². The molecular formula is C19H25N5O. The summed E-state index contributed by atoms with van der Waals surface area (Å²) in [6.07, 6.45) is 9.00. The molecule has 1 aliphatic rings. The molecule has 0 saturated carbocycles. The Bertz CT molecular complexity index is 687. The molecule has 1 N–H and O–H groups in total. The molecule has 2 aromatic rings. The summed E-state index contributed by atoms with van der Waals surface area (Å²) < 4.78 is 0. The third-order valence-corrected chi connectivity index (χ3v) is 4.34. The predicted molar refractivity (Wildman–Crippen MR) is 95.6 cm³/mol. The molecule has 1 atom stereocenters. The quantitative estimate of drug-likeness (QED) is 0.838. The molecule has 3 rings (SSSR count). The second kappa shape index (κ2) is 8.16. The number of nitrogens with zero attached hydrogens (tertiary/aromatic N) is 4. The summed E-state index contributed by atoms with van der Waals surface area (Å²) in [7, 11) is 0. The van der Waals surface area contributed by atoms with Gasteiger partial charge in [-0.05, 0) is 18.1 Å². The van der Waals surface area contributed by atoms with Crippen LogP contribution in [0.1, 0.15) is 49.6 Å². The van der Waals surface area contributed by atoms with Crippen LogP contribution in [0.4, 0.5) is 0 Å². The van der Waals surface area contributed by atoms with Crippen LogP contribution in [-0.2, 0) is 17.9 Å². The second-order valence-corrected chi connectivity index (χ2v) is 6.94. The van der Waals surface area contributed by atoms with Crippen LogP contribution in [0.15, 0.2) is 36.9 Å². The number of carbonyl (C=O) groups is 1. The summed E-state index contributed by atoms with van der Waals surface area (Å²) in [6, 6.07) is 4.23. The third kappa shape index (κ3) is 5.06. The SMILES string of the molecule is CC(C)c1ncc(CN(Cc2cccnc2)C[C@@H]2CCC(=O)N2)cn1. The Hall–Kier alpha value is -2.34. The monoisotopic (exact) mass is 339 g/mol. The molecule has 6 heteroatoms. The Morgan fingerprint density at radius 3 is 2.56 bits per heavy atom. The lowest BCUT2D eigenvalue weighted by Gasteiger charge is -2.25. The van der Waals surface area contributed by atoms with Crippen molar-refractivity contribution in [2.45, 2.75) is 51.7 Å². The van der Waals surface area contributed by atoms with E-state index in [1.165, 1.54) is 0 Å². The number of carbonyl (C=O) groups excluding carboxylic acids is 1. The van der Waals surface area contributed by atoms with Crippen molar-refractivity contribution in [2.75, 3.05) is 6.54 Å². The highest BCUT2D eigenvalue weighted by Gasteiger charge is 2.23. The first-order valence-corrected chi connectivity index (χ1v) is 8.81. The zero-order chi connectivity index (χ0) is 17.6. The molecule has 0 spiro atoms. The van der Waals surface area contributed by atoms with Crippen molar-refractivity contribution in [2.24, 2.45) is 0 Å². The van der Waals surface area contributed by atoms with Gasteiger partial charge in [0.15, 0.2) is 0 Å². The summed E-state index contributed by atoms with van der Waals surface area (Å²) in [6.45, 7) is 6.53. The fourth-order valence-electron chi connectivity index (χ4n) is 3.06. The molecule has 0 bridgehead atoms. The van der Waals surface area contributed by atoms with E-state index in [0.717, 1.165) is 43.0 Å². The Kier molecular flexibility index (Phi) is 5.71. The number of hydrogen-bond donors (Lipinski definition) is 1. The Morgan fingerprint density at radius 2 is 1.96 bits per heavy atom. The van der Waals surface area contributed by atoms with Crippen LogP contribution in [-0.4, -0.2) is 38.3 Å². The number of amides is 1. The predicted octanol–water partition coefficient (Wildman–Crippen LogP) is 2.28. The number of nitrogens with one attached hydrogen (secondary N) is 1. The third-order valence-electron chi connectivity index (χ3n) is 4.34. The number of rotatable bonds is 7. The molecule has 3 heterocycles. The van der Waals surface area contributed by atoms with Gasteiger partial charge in [-0.15, -0.1) is 0 Å². The first-order valence-electron chi connectivity index (χ1n) is 8.81. The van der Waals surface area contributed by atoms with Gasteiger partial charge in [0.25, 0.3) is 0 Å². The maximum absolute atomic E-state index is 11.5. The molecular weight excluding hydrogens is 314 g/mol. The topological polar surface area (TPSA) is 71.0 Å². The summed E-state index contributed by atoms with van der Waals surface area (Å²) in [5, 5.41) is 3.05. The first-order chi connectivity index (χ1) is 12.1. The summed E-state index contributed by atoms with van der Waals surface area (Å²) in [4.78, 5) is 26.9. The van der Waals surface area contributed by atoms with Crippen molar-refractivity contribution >= 4 is 5.91 Å². The molecule has 6 nitrogen and oxygen atoms in total. The Balaban J connectivity index is 1.69. The van der Waals surface area contributed by atoms with Crippen LogP contribution in [0.2, 0.25) is 0 Å². The van der Waals surface area contributed by atoms with Crippen molar-refractivity contribution in [3.8, 4) is 0 Å². The number of hydrogen-bond acceptors (Lipinski definition) is 5. The molecule has 0 unspecified atom stereocenters. The van der Waals surface area contributed by atoms with Crippen molar-refractivity contribution in [3.63, 3.8) is 0 Å². The largest absolute Gasteiger partial charge is 0.352 e. The zero-order valence-electron chi connectivity index (χ0n) is 14.9. The Labute approximate surface area is 148 Å². The smallest absolute Gasteiger partial charge is 0.220 e. The van der Waals surface area contributed by atoms with Gasteiger partial charge in [0.1, 0.15) is 5.82 Å². The minimum atomic E-state index is 0.149. The molecule has 0 aliphatic carbocycles. The average Bonchev–Trinajstić information content (AvgIpc) is 3.01. The van der Waals surface area contributed by atoms with E-state index in [1.54, 1.807) is 6.20 Å².